The van der Waals surface area contributed by atoms with Crippen molar-refractivity contribution in [1.29, 1.82) is 0 Å². The van der Waals surface area contributed by atoms with Gasteiger partial charge in [-0.05, 0) is 44.7 Å². The Kier molecular flexibility index (Phi) is 6.57. The minimum Gasteiger partial charge on any atom is -0.310 e. The first-order valence-electron chi connectivity index (χ1n) is 7.73. The molecule has 1 aromatic carbocycles. The lowest BCUT2D eigenvalue weighted by molar-refractivity contribution is 0.387. The quantitative estimate of drug-likeness (QED) is 0.483. The Bertz CT molecular complexity index is 395. The Morgan fingerprint density at radius 1 is 1.30 bits per heavy atom. The second-order valence-corrected chi connectivity index (χ2v) is 8.62. The van der Waals surface area contributed by atoms with Crippen LogP contribution in [0.15, 0.2) is 30.3 Å². The van der Waals surface area contributed by atoms with Gasteiger partial charge in [-0.3, -0.25) is 0 Å². The normalized spacial score (nSPS) is 28.2. The van der Waals surface area contributed by atoms with Crippen molar-refractivity contribution < 1.29 is 0 Å². The summed E-state index contributed by atoms with van der Waals surface area (Å²) in [4.78, 5) is 0.635. The van der Waals surface area contributed by atoms with Crippen LogP contribution in [0.2, 0.25) is 0 Å². The number of nitrogens with one attached hydrogen (secondary N) is 1. The molecule has 0 unspecified atom stereocenters. The highest BCUT2D eigenvalue weighted by atomic mass is 79.9. The van der Waals surface area contributed by atoms with Gasteiger partial charge in [-0.2, -0.15) is 0 Å². The standard InChI is InChI=1S/C17H25Br2N/c1-14(15-8-3-2-4-9-15)20-13-7-12-17(19)11-6-5-10-16(17)18/h2-4,8-9,14,16,20H,5-7,10-13H2,1H3/t14-,16-,17-/m1/s1. The van der Waals surface area contributed by atoms with E-state index in [0.717, 1.165) is 6.54 Å². The number of hydrogen-bond donors (Lipinski definition) is 1. The van der Waals surface area contributed by atoms with E-state index < -0.39 is 0 Å². The molecule has 1 fully saturated rings. The third kappa shape index (κ3) is 4.57. The highest BCUT2D eigenvalue weighted by Crippen LogP contribution is 2.43. The Morgan fingerprint density at radius 3 is 2.75 bits per heavy atom. The van der Waals surface area contributed by atoms with Crippen molar-refractivity contribution in [2.24, 2.45) is 0 Å². The van der Waals surface area contributed by atoms with Crippen molar-refractivity contribution in [1.82, 2.24) is 5.32 Å². The Hall–Kier alpha value is 0.140. The van der Waals surface area contributed by atoms with E-state index in [4.69, 9.17) is 0 Å². The van der Waals surface area contributed by atoms with Crippen LogP contribution < -0.4 is 5.32 Å². The predicted octanol–water partition coefficient (Wildman–Crippen LogP) is 5.59. The molecule has 0 aliphatic heterocycles. The molecule has 0 bridgehead atoms. The number of benzene rings is 1. The molecule has 2 rings (SSSR count). The average molecular weight is 403 g/mol. The molecule has 1 nitrogen and oxygen atoms in total. The predicted molar refractivity (Wildman–Crippen MR) is 94.9 cm³/mol. The molecule has 112 valence electrons. The molecular weight excluding hydrogens is 378 g/mol. The van der Waals surface area contributed by atoms with Crippen LogP contribution in [0.4, 0.5) is 0 Å². The van der Waals surface area contributed by atoms with Gasteiger partial charge in [0.05, 0.1) is 0 Å². The minimum absolute atomic E-state index is 0.322. The number of alkyl halides is 2. The van der Waals surface area contributed by atoms with Gasteiger partial charge in [0, 0.05) is 15.2 Å². The smallest absolute Gasteiger partial charge is 0.0383 e. The van der Waals surface area contributed by atoms with Crippen molar-refractivity contribution in [3.05, 3.63) is 35.9 Å². The molecule has 1 aliphatic rings. The van der Waals surface area contributed by atoms with Crippen LogP contribution in [0.1, 0.15) is 57.1 Å². The maximum Gasteiger partial charge on any atom is 0.0383 e. The fourth-order valence-corrected chi connectivity index (χ4v) is 4.57. The summed E-state index contributed by atoms with van der Waals surface area (Å²) >= 11 is 7.86. The van der Waals surface area contributed by atoms with Crippen LogP contribution in [0.5, 0.6) is 0 Å². The van der Waals surface area contributed by atoms with Crippen molar-refractivity contribution in [3.63, 3.8) is 0 Å². The van der Waals surface area contributed by atoms with E-state index in [2.05, 4.69) is 74.4 Å². The van der Waals surface area contributed by atoms with Crippen LogP contribution in [0.3, 0.4) is 0 Å². The monoisotopic (exact) mass is 401 g/mol. The summed E-state index contributed by atoms with van der Waals surface area (Å²) in [5, 5.41) is 3.63. The summed E-state index contributed by atoms with van der Waals surface area (Å²) in [6.45, 7) is 3.33. The first-order chi connectivity index (χ1) is 9.62. The molecule has 1 saturated carbocycles. The minimum atomic E-state index is 0.322. The van der Waals surface area contributed by atoms with E-state index in [9.17, 15) is 0 Å². The van der Waals surface area contributed by atoms with Crippen LogP contribution in [-0.2, 0) is 0 Å². The van der Waals surface area contributed by atoms with Crippen LogP contribution in [0, 0.1) is 0 Å². The van der Waals surface area contributed by atoms with Crippen LogP contribution >= 0.6 is 31.9 Å². The van der Waals surface area contributed by atoms with Crippen LogP contribution in [0.25, 0.3) is 0 Å². The molecule has 1 aromatic rings. The van der Waals surface area contributed by atoms with E-state index in [1.54, 1.807) is 0 Å². The average Bonchev–Trinajstić information content (AvgIpc) is 2.48. The molecule has 0 heterocycles. The summed E-state index contributed by atoms with van der Waals surface area (Å²) in [7, 11) is 0. The summed E-state index contributed by atoms with van der Waals surface area (Å²) in [6, 6.07) is 11.1. The van der Waals surface area contributed by atoms with Crippen molar-refractivity contribution in [2.45, 2.75) is 60.6 Å². The molecule has 0 amide bonds. The van der Waals surface area contributed by atoms with E-state index >= 15 is 0 Å². The molecule has 0 radical (unpaired) electrons. The fraction of sp³-hybridized carbons (Fsp3) is 0.647. The van der Waals surface area contributed by atoms with Crippen molar-refractivity contribution in [3.8, 4) is 0 Å². The summed E-state index contributed by atoms with van der Waals surface area (Å²) in [6.07, 6.45) is 7.81. The van der Waals surface area contributed by atoms with Gasteiger partial charge in [-0.1, -0.05) is 75.0 Å². The largest absolute Gasteiger partial charge is 0.310 e. The van der Waals surface area contributed by atoms with Gasteiger partial charge in [0.25, 0.3) is 0 Å². The van der Waals surface area contributed by atoms with Gasteiger partial charge in [-0.15, -0.1) is 0 Å². The van der Waals surface area contributed by atoms with Gasteiger partial charge < -0.3 is 5.32 Å². The molecule has 1 N–H and O–H groups in total. The zero-order valence-corrected chi connectivity index (χ0v) is 15.4. The van der Waals surface area contributed by atoms with E-state index in [1.807, 2.05) is 0 Å². The zero-order valence-electron chi connectivity index (χ0n) is 12.2. The van der Waals surface area contributed by atoms with E-state index in [-0.39, 0.29) is 0 Å². The number of rotatable bonds is 6. The molecule has 20 heavy (non-hydrogen) atoms. The second-order valence-electron chi connectivity index (χ2n) is 5.94. The van der Waals surface area contributed by atoms with Gasteiger partial charge in [0.2, 0.25) is 0 Å². The Balaban J connectivity index is 1.71. The maximum atomic E-state index is 4.00. The SMILES string of the molecule is C[C@@H](NCCC[C@]1(Br)CCCC[C@H]1Br)c1ccccc1. The van der Waals surface area contributed by atoms with E-state index in [0.29, 0.717) is 15.2 Å². The first kappa shape index (κ1) is 16.5. The zero-order chi connectivity index (χ0) is 14.4. The molecule has 0 saturated heterocycles. The van der Waals surface area contributed by atoms with E-state index in [1.165, 1.54) is 44.1 Å². The summed E-state index contributed by atoms with van der Waals surface area (Å²) in [5.41, 5.74) is 1.37. The highest BCUT2D eigenvalue weighted by molar-refractivity contribution is 9.12. The Labute approximate surface area is 140 Å². The maximum absolute atomic E-state index is 4.00. The third-order valence-electron chi connectivity index (χ3n) is 4.38. The molecule has 3 heteroatoms. The van der Waals surface area contributed by atoms with Crippen LogP contribution in [-0.4, -0.2) is 15.7 Å². The molecule has 0 spiro atoms. The summed E-state index contributed by atoms with van der Waals surface area (Å²) in [5.74, 6) is 0. The fourth-order valence-electron chi connectivity index (χ4n) is 3.00. The number of halogens is 2. The second kappa shape index (κ2) is 7.95. The molecule has 3 atom stereocenters. The molecule has 1 aliphatic carbocycles. The summed E-state index contributed by atoms with van der Waals surface area (Å²) < 4.78 is 0.322. The lowest BCUT2D eigenvalue weighted by atomic mass is 9.85. The van der Waals surface area contributed by atoms with Gasteiger partial charge in [0.1, 0.15) is 0 Å². The lowest BCUT2D eigenvalue weighted by Gasteiger charge is -2.36. The molecular formula is C17H25Br2N. The van der Waals surface area contributed by atoms with Crippen molar-refractivity contribution in [2.75, 3.05) is 6.54 Å². The van der Waals surface area contributed by atoms with Gasteiger partial charge >= 0.3 is 0 Å². The number of hydrogen-bond acceptors (Lipinski definition) is 1. The first-order valence-corrected chi connectivity index (χ1v) is 9.44. The topological polar surface area (TPSA) is 12.0 Å². The lowest BCUT2D eigenvalue weighted by Crippen LogP contribution is -2.36. The van der Waals surface area contributed by atoms with Crippen molar-refractivity contribution >= 4 is 31.9 Å². The van der Waals surface area contributed by atoms with Gasteiger partial charge in [0.15, 0.2) is 0 Å². The Morgan fingerprint density at radius 2 is 2.05 bits per heavy atom. The molecule has 0 aromatic heterocycles. The highest BCUT2D eigenvalue weighted by Gasteiger charge is 2.36. The third-order valence-corrected chi connectivity index (χ3v) is 7.67. The van der Waals surface area contributed by atoms with Gasteiger partial charge in [-0.25, -0.2) is 0 Å².